The molecule has 9 heteroatoms. The second kappa shape index (κ2) is 15.2. The lowest BCUT2D eigenvalue weighted by Gasteiger charge is -2.24. The molecule has 0 saturated carbocycles. The van der Waals surface area contributed by atoms with Gasteiger partial charge in [0.25, 0.3) is 10.1 Å². The minimum absolute atomic E-state index is 0.127. The highest BCUT2D eigenvalue weighted by molar-refractivity contribution is 7.86. The molecule has 0 amide bonds. The number of carbonyl (C=O) groups is 1. The van der Waals surface area contributed by atoms with E-state index in [1.807, 2.05) is 0 Å². The molecule has 0 aliphatic heterocycles. The number of unbranched alkanes of at least 4 members (excludes halogenated alkanes) is 8. The predicted octanol–water partition coefficient (Wildman–Crippen LogP) is 3.07. The van der Waals surface area contributed by atoms with E-state index in [0.29, 0.717) is 19.3 Å². The van der Waals surface area contributed by atoms with Crippen molar-refractivity contribution in [1.29, 1.82) is 0 Å². The molecule has 0 bridgehead atoms. The molecule has 27 heavy (non-hydrogen) atoms. The average Bonchev–Trinajstić information content (AvgIpc) is 2.61. The van der Waals surface area contributed by atoms with Crippen LogP contribution >= 0.6 is 0 Å². The van der Waals surface area contributed by atoms with Crippen LogP contribution in [0.25, 0.3) is 0 Å². The second-order valence-electron chi connectivity index (χ2n) is 7.08. The van der Waals surface area contributed by atoms with Crippen molar-refractivity contribution in [1.82, 2.24) is 0 Å². The number of aliphatic hydroxyl groups excluding tert-OH is 2. The van der Waals surface area contributed by atoms with Gasteiger partial charge in [0.15, 0.2) is 0 Å². The van der Waals surface area contributed by atoms with Crippen molar-refractivity contribution in [3.63, 3.8) is 0 Å². The van der Waals surface area contributed by atoms with Crippen LogP contribution in [0.3, 0.4) is 0 Å². The van der Waals surface area contributed by atoms with Gasteiger partial charge in [0.05, 0.1) is 12.2 Å². The third kappa shape index (κ3) is 13.1. The second-order valence-corrected chi connectivity index (χ2v) is 8.72. The van der Waals surface area contributed by atoms with Gasteiger partial charge in [0, 0.05) is 6.42 Å². The number of aliphatic hydroxyl groups is 2. The van der Waals surface area contributed by atoms with Gasteiger partial charge in [-0.15, -0.1) is 0 Å². The summed E-state index contributed by atoms with van der Waals surface area (Å²) in [5, 5.41) is 27.0. The Hall–Kier alpha value is -0.740. The Kier molecular flexibility index (Phi) is 14.8. The first-order valence-corrected chi connectivity index (χ1v) is 11.4. The molecule has 8 nitrogen and oxygen atoms in total. The third-order valence-electron chi connectivity index (χ3n) is 4.73. The van der Waals surface area contributed by atoms with Crippen molar-refractivity contribution < 1.29 is 38.1 Å². The van der Waals surface area contributed by atoms with Gasteiger partial charge in [-0.1, -0.05) is 64.7 Å². The maximum absolute atomic E-state index is 11.6. The fourth-order valence-electron chi connectivity index (χ4n) is 3.06. The SMILES string of the molecule is CCCCCCCC(C(O)C(O)CCCCCCCC(=O)OO)S(=O)(=O)O. The molecule has 0 radical (unpaired) electrons. The summed E-state index contributed by atoms with van der Waals surface area (Å²) in [5.74, 6) is -0.667. The molecule has 4 N–H and O–H groups in total. The highest BCUT2D eigenvalue weighted by atomic mass is 32.2. The van der Waals surface area contributed by atoms with Crippen LogP contribution in [-0.2, 0) is 19.8 Å². The summed E-state index contributed by atoms with van der Waals surface area (Å²) in [6.07, 6.45) is 5.80. The molecule has 162 valence electrons. The highest BCUT2D eigenvalue weighted by Crippen LogP contribution is 2.20. The third-order valence-corrected chi connectivity index (χ3v) is 6.01. The normalized spacial score (nSPS) is 15.3. The van der Waals surface area contributed by atoms with E-state index in [0.717, 1.165) is 44.9 Å². The summed E-state index contributed by atoms with van der Waals surface area (Å²) >= 11 is 0. The number of carbonyl (C=O) groups excluding carboxylic acids is 1. The lowest BCUT2D eigenvalue weighted by Crippen LogP contribution is -2.42. The number of hydrogen-bond donors (Lipinski definition) is 4. The van der Waals surface area contributed by atoms with Gasteiger partial charge in [0.2, 0.25) is 0 Å². The monoisotopic (exact) mass is 412 g/mol. The first kappa shape index (κ1) is 26.3. The van der Waals surface area contributed by atoms with Crippen LogP contribution in [0.2, 0.25) is 0 Å². The van der Waals surface area contributed by atoms with Crippen molar-refractivity contribution >= 4 is 16.1 Å². The molecule has 0 aromatic heterocycles. The lowest BCUT2D eigenvalue weighted by atomic mass is 9.99. The first-order chi connectivity index (χ1) is 12.7. The standard InChI is InChI=1S/C18H36O8S/c1-2-3-4-6-10-13-16(27(23,24)25)18(21)15(19)12-9-7-5-8-11-14-17(20)26-22/h15-16,18-19,21-22H,2-14H2,1H3,(H,23,24,25). The topological polar surface area (TPSA) is 141 Å². The maximum Gasteiger partial charge on any atom is 0.342 e. The minimum atomic E-state index is -4.43. The molecule has 0 aliphatic rings. The Morgan fingerprint density at radius 3 is 1.96 bits per heavy atom. The number of hydrogen-bond acceptors (Lipinski definition) is 7. The van der Waals surface area contributed by atoms with Crippen molar-refractivity contribution in [2.45, 2.75) is 108 Å². The zero-order valence-corrected chi connectivity index (χ0v) is 17.1. The van der Waals surface area contributed by atoms with Crippen molar-refractivity contribution in [2.24, 2.45) is 0 Å². The van der Waals surface area contributed by atoms with E-state index in [2.05, 4.69) is 11.8 Å². The molecule has 0 aromatic rings. The molecular weight excluding hydrogens is 376 g/mol. The van der Waals surface area contributed by atoms with Crippen LogP contribution in [-0.4, -0.2) is 51.9 Å². The van der Waals surface area contributed by atoms with Crippen LogP contribution in [0.1, 0.15) is 90.4 Å². The predicted molar refractivity (Wildman–Crippen MR) is 102 cm³/mol. The Morgan fingerprint density at radius 1 is 0.889 bits per heavy atom. The van der Waals surface area contributed by atoms with E-state index in [9.17, 15) is 28.0 Å². The Bertz CT molecular complexity index is 480. The van der Waals surface area contributed by atoms with Crippen LogP contribution in [0.4, 0.5) is 0 Å². The quantitative estimate of drug-likeness (QED) is 0.124. The first-order valence-electron chi connectivity index (χ1n) is 9.90. The van der Waals surface area contributed by atoms with Gasteiger partial charge in [-0.05, 0) is 19.3 Å². The molecule has 0 heterocycles. The molecule has 0 rings (SSSR count). The number of rotatable bonds is 17. The highest BCUT2D eigenvalue weighted by Gasteiger charge is 2.34. The molecular formula is C18H36O8S. The minimum Gasteiger partial charge on any atom is -0.390 e. The molecule has 3 atom stereocenters. The smallest absolute Gasteiger partial charge is 0.342 e. The van der Waals surface area contributed by atoms with Gasteiger partial charge >= 0.3 is 5.97 Å². The molecule has 0 spiro atoms. The summed E-state index contributed by atoms with van der Waals surface area (Å²) in [6.45, 7) is 2.07. The largest absolute Gasteiger partial charge is 0.390 e. The van der Waals surface area contributed by atoms with E-state index in [1.165, 1.54) is 0 Å². The average molecular weight is 413 g/mol. The molecule has 3 unspecified atom stereocenters. The summed E-state index contributed by atoms with van der Waals surface area (Å²) in [7, 11) is -4.43. The van der Waals surface area contributed by atoms with Gasteiger partial charge < -0.3 is 15.1 Å². The summed E-state index contributed by atoms with van der Waals surface area (Å²) < 4.78 is 32.5. The van der Waals surface area contributed by atoms with Gasteiger partial charge in [-0.3, -0.25) is 4.55 Å². The molecule has 0 aliphatic carbocycles. The van der Waals surface area contributed by atoms with Crippen LogP contribution < -0.4 is 0 Å². The Morgan fingerprint density at radius 2 is 1.41 bits per heavy atom. The Balaban J connectivity index is 4.15. The lowest BCUT2D eigenvalue weighted by molar-refractivity contribution is -0.234. The summed E-state index contributed by atoms with van der Waals surface area (Å²) in [5.41, 5.74) is 0. The molecule has 0 fully saturated rings. The Labute approximate surface area is 162 Å². The van der Waals surface area contributed by atoms with E-state index >= 15 is 0 Å². The van der Waals surface area contributed by atoms with Gasteiger partial charge in [-0.2, -0.15) is 13.7 Å². The zero-order chi connectivity index (χ0) is 20.7. The van der Waals surface area contributed by atoms with Gasteiger partial charge in [0.1, 0.15) is 5.25 Å². The van der Waals surface area contributed by atoms with Crippen molar-refractivity contribution in [2.75, 3.05) is 0 Å². The van der Waals surface area contributed by atoms with E-state index in [4.69, 9.17) is 5.26 Å². The van der Waals surface area contributed by atoms with E-state index in [-0.39, 0.29) is 19.3 Å². The van der Waals surface area contributed by atoms with Crippen LogP contribution in [0.15, 0.2) is 0 Å². The summed E-state index contributed by atoms with van der Waals surface area (Å²) in [6, 6.07) is 0. The van der Waals surface area contributed by atoms with Crippen LogP contribution in [0.5, 0.6) is 0 Å². The fourth-order valence-corrected chi connectivity index (χ4v) is 4.06. The molecule has 0 saturated heterocycles. The summed E-state index contributed by atoms with van der Waals surface area (Å²) in [4.78, 5) is 14.3. The van der Waals surface area contributed by atoms with Crippen molar-refractivity contribution in [3.8, 4) is 0 Å². The van der Waals surface area contributed by atoms with E-state index < -0.39 is 33.5 Å². The van der Waals surface area contributed by atoms with Crippen molar-refractivity contribution in [3.05, 3.63) is 0 Å². The molecule has 0 aromatic carbocycles. The van der Waals surface area contributed by atoms with Gasteiger partial charge in [-0.25, -0.2) is 4.79 Å². The fraction of sp³-hybridized carbons (Fsp3) is 0.944. The van der Waals surface area contributed by atoms with E-state index in [1.54, 1.807) is 0 Å². The maximum atomic E-state index is 11.6. The van der Waals surface area contributed by atoms with Crippen LogP contribution in [0, 0.1) is 0 Å². The zero-order valence-electron chi connectivity index (χ0n) is 16.3.